The summed E-state index contributed by atoms with van der Waals surface area (Å²) in [4.78, 5) is 12.6. The molecule has 1 aromatic rings. The number of sulfonamides is 1. The SMILES string of the molecule is CC(C)C(NC(=O)c1ccc(Cl)c(S(=O)(=O)N2CCCC2)c1)C(C)C. The Morgan fingerprint density at radius 1 is 1.12 bits per heavy atom. The molecule has 2 rings (SSSR count). The molecule has 0 spiro atoms. The van der Waals surface area contributed by atoms with Gasteiger partial charge in [-0.25, -0.2) is 8.42 Å². The van der Waals surface area contributed by atoms with E-state index < -0.39 is 10.0 Å². The van der Waals surface area contributed by atoms with E-state index in [9.17, 15) is 13.2 Å². The van der Waals surface area contributed by atoms with E-state index in [1.54, 1.807) is 6.07 Å². The molecule has 1 heterocycles. The largest absolute Gasteiger partial charge is 0.349 e. The van der Waals surface area contributed by atoms with Crippen LogP contribution < -0.4 is 5.32 Å². The van der Waals surface area contributed by atoms with E-state index >= 15 is 0 Å². The van der Waals surface area contributed by atoms with Crippen molar-refractivity contribution in [3.63, 3.8) is 0 Å². The molecule has 0 saturated carbocycles. The first-order chi connectivity index (χ1) is 11.6. The number of hydrogen-bond acceptors (Lipinski definition) is 3. The highest BCUT2D eigenvalue weighted by Gasteiger charge is 2.30. The van der Waals surface area contributed by atoms with E-state index in [0.29, 0.717) is 18.7 Å². The van der Waals surface area contributed by atoms with E-state index in [2.05, 4.69) is 33.0 Å². The Bertz CT molecular complexity index is 718. The Labute approximate surface area is 155 Å². The van der Waals surface area contributed by atoms with Crippen LogP contribution in [-0.4, -0.2) is 37.8 Å². The molecule has 0 aliphatic carbocycles. The lowest BCUT2D eigenvalue weighted by Gasteiger charge is -2.26. The summed E-state index contributed by atoms with van der Waals surface area (Å²) < 4.78 is 27.0. The van der Waals surface area contributed by atoms with Gasteiger partial charge in [-0.1, -0.05) is 39.3 Å². The highest BCUT2D eigenvalue weighted by molar-refractivity contribution is 7.89. The lowest BCUT2D eigenvalue weighted by atomic mass is 9.93. The minimum Gasteiger partial charge on any atom is -0.349 e. The molecule has 1 aliphatic rings. The molecular formula is C18H27ClN2O3S. The number of carbonyl (C=O) groups is 1. The van der Waals surface area contributed by atoms with E-state index in [0.717, 1.165) is 12.8 Å². The summed E-state index contributed by atoms with van der Waals surface area (Å²) in [5, 5.41) is 3.16. The number of hydrogen-bond donors (Lipinski definition) is 1. The summed E-state index contributed by atoms with van der Waals surface area (Å²) in [5.41, 5.74) is 0.313. The van der Waals surface area contributed by atoms with Gasteiger partial charge < -0.3 is 5.32 Å². The number of carbonyl (C=O) groups excluding carboxylic acids is 1. The van der Waals surface area contributed by atoms with Crippen LogP contribution >= 0.6 is 11.6 Å². The van der Waals surface area contributed by atoms with Crippen LogP contribution in [0.5, 0.6) is 0 Å². The van der Waals surface area contributed by atoms with E-state index in [-0.39, 0.29) is 33.7 Å². The fraction of sp³-hybridized carbons (Fsp3) is 0.611. The molecule has 1 aliphatic heterocycles. The fourth-order valence-electron chi connectivity index (χ4n) is 3.25. The van der Waals surface area contributed by atoms with Gasteiger partial charge in [-0.3, -0.25) is 4.79 Å². The van der Waals surface area contributed by atoms with Crippen LogP contribution in [0.3, 0.4) is 0 Å². The topological polar surface area (TPSA) is 66.5 Å². The van der Waals surface area contributed by atoms with Crippen LogP contribution in [0.4, 0.5) is 0 Å². The molecule has 1 aromatic carbocycles. The second-order valence-electron chi connectivity index (χ2n) is 7.24. The maximum Gasteiger partial charge on any atom is 0.251 e. The third-order valence-corrected chi connectivity index (χ3v) is 6.99. The number of nitrogens with zero attached hydrogens (tertiary/aromatic N) is 1. The maximum absolute atomic E-state index is 12.8. The highest BCUT2D eigenvalue weighted by Crippen LogP contribution is 2.28. The van der Waals surface area contributed by atoms with Crippen molar-refractivity contribution < 1.29 is 13.2 Å². The van der Waals surface area contributed by atoms with Gasteiger partial charge in [0.05, 0.1) is 5.02 Å². The van der Waals surface area contributed by atoms with Gasteiger partial charge in [0.25, 0.3) is 5.91 Å². The number of nitrogens with one attached hydrogen (secondary N) is 1. The zero-order valence-electron chi connectivity index (χ0n) is 15.3. The average molecular weight is 387 g/mol. The molecule has 0 aromatic heterocycles. The standard InChI is InChI=1S/C18H27ClN2O3S/c1-12(2)17(13(3)4)20-18(22)14-7-8-15(19)16(11-14)25(23,24)21-9-5-6-10-21/h7-8,11-13,17H,5-6,9-10H2,1-4H3,(H,20,22). The van der Waals surface area contributed by atoms with Crippen LogP contribution in [-0.2, 0) is 10.0 Å². The molecule has 140 valence electrons. The Hall–Kier alpha value is -1.11. The van der Waals surface area contributed by atoms with Crippen molar-refractivity contribution >= 4 is 27.5 Å². The van der Waals surface area contributed by atoms with Crippen molar-refractivity contribution in [1.29, 1.82) is 0 Å². The van der Waals surface area contributed by atoms with Crippen molar-refractivity contribution in [2.75, 3.05) is 13.1 Å². The molecular weight excluding hydrogens is 360 g/mol. The van der Waals surface area contributed by atoms with Gasteiger partial charge in [0.1, 0.15) is 4.90 Å². The van der Waals surface area contributed by atoms with Gasteiger partial charge in [-0.05, 0) is 42.9 Å². The van der Waals surface area contributed by atoms with Crippen molar-refractivity contribution in [1.82, 2.24) is 9.62 Å². The first kappa shape index (κ1) is 20.2. The van der Waals surface area contributed by atoms with Gasteiger partial charge in [-0.2, -0.15) is 4.31 Å². The van der Waals surface area contributed by atoms with Crippen LogP contribution in [0, 0.1) is 11.8 Å². The monoisotopic (exact) mass is 386 g/mol. The molecule has 5 nitrogen and oxygen atoms in total. The van der Waals surface area contributed by atoms with Crippen molar-refractivity contribution in [3.05, 3.63) is 28.8 Å². The molecule has 0 radical (unpaired) electrons. The summed E-state index contributed by atoms with van der Waals surface area (Å²) in [5.74, 6) is 0.287. The zero-order valence-corrected chi connectivity index (χ0v) is 16.8. The van der Waals surface area contributed by atoms with E-state index in [1.807, 2.05) is 0 Å². The smallest absolute Gasteiger partial charge is 0.251 e. The number of rotatable bonds is 6. The minimum atomic E-state index is -3.67. The zero-order chi connectivity index (χ0) is 18.8. The number of amides is 1. The predicted octanol–water partition coefficient (Wildman–Crippen LogP) is 3.53. The minimum absolute atomic E-state index is 0.00867. The van der Waals surface area contributed by atoms with Gasteiger partial charge in [-0.15, -0.1) is 0 Å². The van der Waals surface area contributed by atoms with Crippen molar-refractivity contribution in [2.45, 2.75) is 51.5 Å². The fourth-order valence-corrected chi connectivity index (χ4v) is 5.27. The third kappa shape index (κ3) is 4.54. The van der Waals surface area contributed by atoms with Crippen LogP contribution in [0.2, 0.25) is 5.02 Å². The lowest BCUT2D eigenvalue weighted by molar-refractivity contribution is 0.0910. The molecule has 0 unspecified atom stereocenters. The van der Waals surface area contributed by atoms with Gasteiger partial charge in [0.2, 0.25) is 10.0 Å². The van der Waals surface area contributed by atoms with Crippen molar-refractivity contribution in [3.8, 4) is 0 Å². The lowest BCUT2D eigenvalue weighted by Crippen LogP contribution is -2.42. The average Bonchev–Trinajstić information content (AvgIpc) is 3.07. The van der Waals surface area contributed by atoms with Gasteiger partial charge in [0, 0.05) is 24.7 Å². The molecule has 1 N–H and O–H groups in total. The predicted molar refractivity (Wildman–Crippen MR) is 100 cm³/mol. The van der Waals surface area contributed by atoms with E-state index in [1.165, 1.54) is 16.4 Å². The normalized spacial score (nSPS) is 16.2. The van der Waals surface area contributed by atoms with Crippen molar-refractivity contribution in [2.24, 2.45) is 11.8 Å². The van der Waals surface area contributed by atoms with Gasteiger partial charge >= 0.3 is 0 Å². The van der Waals surface area contributed by atoms with Crippen LogP contribution in [0.15, 0.2) is 23.1 Å². The Morgan fingerprint density at radius 2 is 1.68 bits per heavy atom. The summed E-state index contributed by atoms with van der Waals surface area (Å²) in [7, 11) is -3.67. The summed E-state index contributed by atoms with van der Waals surface area (Å²) in [6.07, 6.45) is 1.70. The molecule has 25 heavy (non-hydrogen) atoms. The third-order valence-electron chi connectivity index (χ3n) is 4.61. The molecule has 7 heteroatoms. The number of halogens is 1. The Morgan fingerprint density at radius 3 is 2.20 bits per heavy atom. The highest BCUT2D eigenvalue weighted by atomic mass is 35.5. The van der Waals surface area contributed by atoms with Crippen LogP contribution in [0.25, 0.3) is 0 Å². The number of benzene rings is 1. The first-order valence-electron chi connectivity index (χ1n) is 8.75. The quantitative estimate of drug-likeness (QED) is 0.813. The Kier molecular flexibility index (Phi) is 6.51. The Balaban J connectivity index is 2.30. The van der Waals surface area contributed by atoms with Crippen LogP contribution in [0.1, 0.15) is 50.9 Å². The summed E-state index contributed by atoms with van der Waals surface area (Å²) >= 11 is 6.13. The van der Waals surface area contributed by atoms with Gasteiger partial charge in [0.15, 0.2) is 0 Å². The maximum atomic E-state index is 12.8. The second-order valence-corrected chi connectivity index (χ2v) is 9.56. The first-order valence-corrected chi connectivity index (χ1v) is 10.6. The second kappa shape index (κ2) is 8.06. The molecule has 1 fully saturated rings. The summed E-state index contributed by atoms with van der Waals surface area (Å²) in [6.45, 7) is 9.20. The van der Waals surface area contributed by atoms with E-state index in [4.69, 9.17) is 11.6 Å². The molecule has 1 saturated heterocycles. The molecule has 0 bridgehead atoms. The summed E-state index contributed by atoms with van der Waals surface area (Å²) in [6, 6.07) is 4.46. The molecule has 0 atom stereocenters. The molecule has 1 amide bonds.